The second-order valence-electron chi connectivity index (χ2n) is 4.24. The number of nitrogens with one attached hydrogen (secondary N) is 1. The number of alkyl halides is 3. The Morgan fingerprint density at radius 1 is 1.20 bits per heavy atom. The Morgan fingerprint density at radius 3 is 2.20 bits per heavy atom. The third kappa shape index (κ3) is 2.11. The highest BCUT2D eigenvalue weighted by molar-refractivity contribution is 5.46. The summed E-state index contributed by atoms with van der Waals surface area (Å²) >= 11 is 0. The van der Waals surface area contributed by atoms with Gasteiger partial charge in [-0.15, -0.1) is 0 Å². The van der Waals surface area contributed by atoms with Gasteiger partial charge in [0.15, 0.2) is 5.82 Å². The molecule has 0 saturated heterocycles. The fourth-order valence-electron chi connectivity index (χ4n) is 1.92. The van der Waals surface area contributed by atoms with Crippen molar-refractivity contribution in [1.82, 2.24) is 14.8 Å². The number of aliphatic hydroxyl groups is 1. The van der Waals surface area contributed by atoms with Gasteiger partial charge < -0.3 is 10.4 Å². The molecule has 0 aliphatic carbocycles. The van der Waals surface area contributed by atoms with Crippen LogP contribution in [0.15, 0.2) is 30.6 Å². The van der Waals surface area contributed by atoms with Gasteiger partial charge in [-0.05, 0) is 12.1 Å². The summed E-state index contributed by atoms with van der Waals surface area (Å²) in [6, 6.07) is 5.30. The normalized spacial score (nSPS) is 14.9. The van der Waals surface area contributed by atoms with Gasteiger partial charge in [0.25, 0.3) is 0 Å². The maximum absolute atomic E-state index is 13.4. The zero-order valence-corrected chi connectivity index (χ0v) is 10.8. The van der Waals surface area contributed by atoms with Crippen LogP contribution in [-0.4, -0.2) is 33.1 Å². The number of anilines is 1. The molecule has 1 heterocycles. The first-order valence-electron chi connectivity index (χ1n) is 5.72. The quantitative estimate of drug-likeness (QED) is 0.900. The predicted octanol–water partition coefficient (Wildman–Crippen LogP) is 1.65. The van der Waals surface area contributed by atoms with Crippen molar-refractivity contribution in [2.24, 2.45) is 7.05 Å². The molecule has 8 heteroatoms. The Morgan fingerprint density at radius 2 is 1.80 bits per heavy atom. The lowest BCUT2D eigenvalue weighted by molar-refractivity contribution is -0.252. The van der Waals surface area contributed by atoms with E-state index in [4.69, 9.17) is 0 Å². The molecule has 0 aliphatic heterocycles. The summed E-state index contributed by atoms with van der Waals surface area (Å²) in [4.78, 5) is 3.54. The standard InChI is InChI=1S/C12H13F3N4O/c1-16-9-5-3-8(4-6-9)11(20,12(13,14)15)10-17-7-18-19(10)2/h3-7,16,20H,1-2H3. The van der Waals surface area contributed by atoms with E-state index < -0.39 is 17.6 Å². The Kier molecular flexibility index (Phi) is 3.43. The molecule has 0 saturated carbocycles. The van der Waals surface area contributed by atoms with Crippen LogP contribution in [0.5, 0.6) is 0 Å². The molecule has 20 heavy (non-hydrogen) atoms. The molecule has 1 atom stereocenters. The van der Waals surface area contributed by atoms with E-state index in [1.807, 2.05) is 0 Å². The van der Waals surface area contributed by atoms with Gasteiger partial charge in [-0.1, -0.05) is 12.1 Å². The van der Waals surface area contributed by atoms with Gasteiger partial charge in [-0.25, -0.2) is 9.67 Å². The molecule has 0 spiro atoms. The van der Waals surface area contributed by atoms with Gasteiger partial charge in [0.1, 0.15) is 6.33 Å². The largest absolute Gasteiger partial charge is 0.428 e. The monoisotopic (exact) mass is 286 g/mol. The van der Waals surface area contributed by atoms with E-state index >= 15 is 0 Å². The van der Waals surface area contributed by atoms with Crippen molar-refractivity contribution >= 4 is 5.69 Å². The first kappa shape index (κ1) is 14.3. The van der Waals surface area contributed by atoms with Crippen LogP contribution >= 0.6 is 0 Å². The molecule has 0 fully saturated rings. The Hall–Kier alpha value is -2.09. The van der Waals surface area contributed by atoms with E-state index in [1.54, 1.807) is 7.05 Å². The number of hydrogen-bond acceptors (Lipinski definition) is 4. The molecule has 1 aromatic carbocycles. The van der Waals surface area contributed by atoms with E-state index in [0.717, 1.165) is 11.0 Å². The van der Waals surface area contributed by atoms with Crippen molar-refractivity contribution in [2.75, 3.05) is 12.4 Å². The van der Waals surface area contributed by atoms with Crippen LogP contribution in [-0.2, 0) is 12.6 Å². The van der Waals surface area contributed by atoms with Gasteiger partial charge in [0, 0.05) is 25.3 Å². The second kappa shape index (κ2) is 4.78. The number of aromatic nitrogens is 3. The molecule has 108 valence electrons. The molecule has 0 aliphatic rings. The summed E-state index contributed by atoms with van der Waals surface area (Å²) in [5.74, 6) is -0.581. The first-order valence-corrected chi connectivity index (χ1v) is 5.72. The lowest BCUT2D eigenvalue weighted by Gasteiger charge is -2.29. The van der Waals surface area contributed by atoms with Crippen molar-refractivity contribution in [3.05, 3.63) is 42.0 Å². The second-order valence-corrected chi connectivity index (χ2v) is 4.24. The number of nitrogens with zero attached hydrogens (tertiary/aromatic N) is 3. The molecular weight excluding hydrogens is 273 g/mol. The fourth-order valence-corrected chi connectivity index (χ4v) is 1.92. The number of benzene rings is 1. The van der Waals surface area contributed by atoms with E-state index in [2.05, 4.69) is 15.4 Å². The van der Waals surface area contributed by atoms with Crippen molar-refractivity contribution < 1.29 is 18.3 Å². The number of rotatable bonds is 3. The van der Waals surface area contributed by atoms with Gasteiger partial charge in [0.2, 0.25) is 5.60 Å². The topological polar surface area (TPSA) is 63.0 Å². The Labute approximate surface area is 113 Å². The summed E-state index contributed by atoms with van der Waals surface area (Å²) in [5, 5.41) is 16.6. The molecule has 1 aromatic heterocycles. The minimum atomic E-state index is -4.92. The average Bonchev–Trinajstić information content (AvgIpc) is 2.83. The highest BCUT2D eigenvalue weighted by Gasteiger charge is 2.59. The summed E-state index contributed by atoms with van der Waals surface area (Å²) < 4.78 is 41.0. The van der Waals surface area contributed by atoms with E-state index in [9.17, 15) is 18.3 Å². The summed E-state index contributed by atoms with van der Waals surface area (Å²) in [6.45, 7) is 0. The van der Waals surface area contributed by atoms with Gasteiger partial charge >= 0.3 is 6.18 Å². The lowest BCUT2D eigenvalue weighted by Crippen LogP contribution is -2.45. The minimum absolute atomic E-state index is 0.319. The fraction of sp³-hybridized carbons (Fsp3) is 0.333. The van der Waals surface area contributed by atoms with Crippen LogP contribution in [0.25, 0.3) is 0 Å². The van der Waals surface area contributed by atoms with Crippen LogP contribution < -0.4 is 5.32 Å². The minimum Gasteiger partial charge on any atom is -0.388 e. The Bertz CT molecular complexity index is 593. The van der Waals surface area contributed by atoms with Gasteiger partial charge in [0.05, 0.1) is 0 Å². The zero-order valence-electron chi connectivity index (χ0n) is 10.8. The molecule has 0 bridgehead atoms. The zero-order chi connectivity index (χ0) is 15.0. The molecule has 2 rings (SSSR count). The molecule has 2 aromatic rings. The molecular formula is C12H13F3N4O. The summed E-state index contributed by atoms with van der Waals surface area (Å²) in [5.41, 5.74) is -2.89. The third-order valence-corrected chi connectivity index (χ3v) is 3.04. The number of halogens is 3. The average molecular weight is 286 g/mol. The Balaban J connectivity index is 2.61. The lowest BCUT2D eigenvalue weighted by atomic mass is 9.92. The van der Waals surface area contributed by atoms with Crippen LogP contribution in [0.2, 0.25) is 0 Å². The maximum atomic E-state index is 13.4. The smallest absolute Gasteiger partial charge is 0.388 e. The van der Waals surface area contributed by atoms with Crippen LogP contribution in [0.1, 0.15) is 11.4 Å². The van der Waals surface area contributed by atoms with E-state index in [-0.39, 0.29) is 5.56 Å². The van der Waals surface area contributed by atoms with Crippen LogP contribution in [0.3, 0.4) is 0 Å². The van der Waals surface area contributed by atoms with Gasteiger partial charge in [-0.2, -0.15) is 18.3 Å². The van der Waals surface area contributed by atoms with Crippen LogP contribution in [0.4, 0.5) is 18.9 Å². The number of hydrogen-bond donors (Lipinski definition) is 2. The third-order valence-electron chi connectivity index (χ3n) is 3.04. The highest BCUT2D eigenvalue weighted by Crippen LogP contribution is 2.43. The van der Waals surface area contributed by atoms with Crippen molar-refractivity contribution in [3.8, 4) is 0 Å². The van der Waals surface area contributed by atoms with Crippen molar-refractivity contribution in [3.63, 3.8) is 0 Å². The number of aryl methyl sites for hydroxylation is 1. The van der Waals surface area contributed by atoms with E-state index in [1.165, 1.54) is 31.3 Å². The van der Waals surface area contributed by atoms with Crippen molar-refractivity contribution in [2.45, 2.75) is 11.8 Å². The summed E-state index contributed by atoms with van der Waals surface area (Å²) in [7, 11) is 2.94. The molecule has 5 nitrogen and oxygen atoms in total. The highest BCUT2D eigenvalue weighted by atomic mass is 19.4. The van der Waals surface area contributed by atoms with Crippen molar-refractivity contribution in [1.29, 1.82) is 0 Å². The maximum Gasteiger partial charge on any atom is 0.428 e. The van der Waals surface area contributed by atoms with Crippen LogP contribution in [0, 0.1) is 0 Å². The summed E-state index contributed by atoms with van der Waals surface area (Å²) in [6.07, 6.45) is -3.96. The van der Waals surface area contributed by atoms with E-state index in [0.29, 0.717) is 5.69 Å². The molecule has 0 radical (unpaired) electrons. The van der Waals surface area contributed by atoms with Gasteiger partial charge in [-0.3, -0.25) is 0 Å². The molecule has 2 N–H and O–H groups in total. The molecule has 0 amide bonds. The predicted molar refractivity (Wildman–Crippen MR) is 66.0 cm³/mol. The first-order chi connectivity index (χ1) is 9.30. The molecule has 1 unspecified atom stereocenters. The SMILES string of the molecule is CNc1ccc(C(O)(c2ncnn2C)C(F)(F)F)cc1.